The molecule has 7 aromatic rings. The maximum absolute atomic E-state index is 12.7. The summed E-state index contributed by atoms with van der Waals surface area (Å²) in [6, 6.07) is 25.3. The molecule has 0 saturated heterocycles. The van der Waals surface area contributed by atoms with Crippen LogP contribution < -0.4 is 15.2 Å². The number of benzene rings is 7. The van der Waals surface area contributed by atoms with Crippen molar-refractivity contribution in [2.24, 2.45) is 30.7 Å². The first-order valence-corrected chi connectivity index (χ1v) is 20.9. The largest absolute Gasteiger partial charge is 0.505 e. The number of methoxy groups -OCH3 is 2. The second kappa shape index (κ2) is 17.3. The minimum Gasteiger partial charge on any atom is -0.505 e. The summed E-state index contributed by atoms with van der Waals surface area (Å²) in [4.78, 5) is 21.1. The molecular formula is C41H30N8O13S2. The number of ether oxygens (including phenoxy) is 2. The van der Waals surface area contributed by atoms with Crippen LogP contribution in [0.1, 0.15) is 10.4 Å². The molecule has 0 spiro atoms. The average Bonchev–Trinajstić information content (AvgIpc) is 3.26. The Kier molecular flexibility index (Phi) is 11.8. The molecule has 0 heterocycles. The summed E-state index contributed by atoms with van der Waals surface area (Å²) in [5.41, 5.74) is 5.83. The quantitative estimate of drug-likeness (QED) is 0.0236. The zero-order valence-corrected chi connectivity index (χ0v) is 34.5. The lowest BCUT2D eigenvalue weighted by Crippen LogP contribution is -2.00. The maximum Gasteiger partial charge on any atom is 0.338 e. The van der Waals surface area contributed by atoms with Gasteiger partial charge < -0.3 is 25.4 Å². The SMILES string of the molecule is COc1cc(-c2ccc(N=Nc3cccc4cc(S(=O)(=O)O)ccc34)c(OC)c2)ccc1N=Nc1c(S(=O)(=O)O)cc2c(N=Nc3ccc([N+](=O)[O-])cc3C(=O)O)c(N)ccc2c1O. The third-order valence-electron chi connectivity index (χ3n) is 9.54. The summed E-state index contributed by atoms with van der Waals surface area (Å²) in [6.07, 6.45) is 0. The second-order valence-electron chi connectivity index (χ2n) is 13.4. The number of rotatable bonds is 13. The van der Waals surface area contributed by atoms with Crippen LogP contribution in [0.4, 0.5) is 45.5 Å². The van der Waals surface area contributed by atoms with Crippen LogP contribution in [-0.2, 0) is 20.2 Å². The highest BCUT2D eigenvalue weighted by Gasteiger charge is 2.25. The van der Waals surface area contributed by atoms with Crippen molar-refractivity contribution in [1.29, 1.82) is 0 Å². The molecule has 6 N–H and O–H groups in total. The molecule has 23 heteroatoms. The number of anilines is 1. The van der Waals surface area contributed by atoms with E-state index < -0.39 is 58.7 Å². The highest BCUT2D eigenvalue weighted by atomic mass is 32.2. The molecule has 0 aliphatic carbocycles. The van der Waals surface area contributed by atoms with Gasteiger partial charge >= 0.3 is 5.97 Å². The van der Waals surface area contributed by atoms with E-state index in [0.29, 0.717) is 39.0 Å². The van der Waals surface area contributed by atoms with Crippen molar-refractivity contribution in [2.75, 3.05) is 20.0 Å². The molecule has 0 amide bonds. The van der Waals surface area contributed by atoms with E-state index in [0.717, 1.165) is 24.3 Å². The molecule has 324 valence electrons. The van der Waals surface area contributed by atoms with Gasteiger partial charge in [-0.2, -0.15) is 16.8 Å². The first kappa shape index (κ1) is 43.8. The lowest BCUT2D eigenvalue weighted by atomic mass is 10.0. The molecule has 0 fully saturated rings. The molecule has 21 nitrogen and oxygen atoms in total. The Labute approximate surface area is 361 Å². The van der Waals surface area contributed by atoms with Crippen LogP contribution in [0, 0.1) is 10.1 Å². The standard InChI is InChI=1S/C41H30N8O13S2/c1-61-35-17-21(6-13-33(35)45-43-31-5-3-4-23-16-25(63(55,56)57)9-10-26(23)31)22-7-14-34(36(18-22)62-2)46-48-39-37(64(58,59)60)20-28-27(40(39)50)11-12-30(42)38(28)47-44-32-15-8-24(49(53)54)19-29(32)41(51)52/h3-20,50H,42H2,1-2H3,(H,51,52)(H,55,56,57)(H,58,59,60). The van der Waals surface area contributed by atoms with Gasteiger partial charge in [0.05, 0.1) is 41.0 Å². The average molecular weight is 907 g/mol. The number of phenolic OH excluding ortho intramolecular Hbond substituents is 1. The Morgan fingerprint density at radius 1 is 0.641 bits per heavy atom. The molecule has 0 bridgehead atoms. The predicted octanol–water partition coefficient (Wildman–Crippen LogP) is 10.3. The van der Waals surface area contributed by atoms with Gasteiger partial charge in [0.25, 0.3) is 25.9 Å². The number of nitrogens with zero attached hydrogens (tertiary/aromatic N) is 7. The third kappa shape index (κ3) is 8.88. The molecule has 0 aliphatic rings. The normalized spacial score (nSPS) is 12.2. The summed E-state index contributed by atoms with van der Waals surface area (Å²) in [5.74, 6) is -1.81. The van der Waals surface area contributed by atoms with Crippen LogP contribution in [0.2, 0.25) is 0 Å². The molecule has 64 heavy (non-hydrogen) atoms. The number of carboxylic acids is 1. The summed E-state index contributed by atoms with van der Waals surface area (Å²) in [6.45, 7) is 0. The van der Waals surface area contributed by atoms with Gasteiger partial charge in [-0.3, -0.25) is 19.2 Å². The van der Waals surface area contributed by atoms with E-state index in [1.165, 1.54) is 50.6 Å². The fraction of sp³-hybridized carbons (Fsp3) is 0.0488. The summed E-state index contributed by atoms with van der Waals surface area (Å²) in [5, 5.41) is 57.7. The number of nitrogen functional groups attached to an aromatic ring is 1. The number of hydrogen-bond donors (Lipinski definition) is 5. The van der Waals surface area contributed by atoms with Crippen LogP contribution in [0.25, 0.3) is 32.7 Å². The summed E-state index contributed by atoms with van der Waals surface area (Å²) < 4.78 is 79.5. The Bertz CT molecular complexity index is 3420. The molecule has 7 rings (SSSR count). The first-order valence-electron chi connectivity index (χ1n) is 18.1. The number of carboxylic acid groups (broad SMARTS) is 1. The van der Waals surface area contributed by atoms with Crippen molar-refractivity contribution in [1.82, 2.24) is 0 Å². The summed E-state index contributed by atoms with van der Waals surface area (Å²) >= 11 is 0. The van der Waals surface area contributed by atoms with Crippen LogP contribution in [0.5, 0.6) is 17.2 Å². The first-order chi connectivity index (χ1) is 30.4. The fourth-order valence-electron chi connectivity index (χ4n) is 6.41. The van der Waals surface area contributed by atoms with E-state index in [9.17, 15) is 51.1 Å². The van der Waals surface area contributed by atoms with E-state index in [1.54, 1.807) is 48.5 Å². The Morgan fingerprint density at radius 3 is 1.81 bits per heavy atom. The molecule has 0 atom stereocenters. The summed E-state index contributed by atoms with van der Waals surface area (Å²) in [7, 11) is -6.75. The van der Waals surface area contributed by atoms with Gasteiger partial charge in [-0.25, -0.2) is 4.79 Å². The van der Waals surface area contributed by atoms with E-state index in [4.69, 9.17) is 15.2 Å². The van der Waals surface area contributed by atoms with Crippen molar-refractivity contribution in [3.8, 4) is 28.4 Å². The van der Waals surface area contributed by atoms with Gasteiger partial charge in [0, 0.05) is 28.3 Å². The zero-order chi connectivity index (χ0) is 46.1. The number of nitrogens with two attached hydrogens (primary N) is 1. The Balaban J connectivity index is 1.20. The second-order valence-corrected chi connectivity index (χ2v) is 16.2. The number of carbonyl (C=O) groups is 1. The Morgan fingerprint density at radius 2 is 1.22 bits per heavy atom. The smallest absolute Gasteiger partial charge is 0.338 e. The number of nitro benzene ring substituents is 1. The van der Waals surface area contributed by atoms with E-state index in [1.807, 2.05) is 0 Å². The minimum absolute atomic E-state index is 0.0720. The molecule has 0 aliphatic heterocycles. The number of non-ortho nitro benzene ring substituents is 1. The van der Waals surface area contributed by atoms with Crippen LogP contribution in [-0.4, -0.2) is 61.3 Å². The van der Waals surface area contributed by atoms with Crippen molar-refractivity contribution >= 4 is 93.2 Å². The maximum atomic E-state index is 12.7. The number of fused-ring (bicyclic) bond motifs is 2. The van der Waals surface area contributed by atoms with Gasteiger partial charge in [0.2, 0.25) is 0 Å². The van der Waals surface area contributed by atoms with Gasteiger partial charge in [-0.05, 0) is 83.2 Å². The number of azo groups is 3. The third-order valence-corrected chi connectivity index (χ3v) is 11.3. The molecule has 0 saturated carbocycles. The van der Waals surface area contributed by atoms with Crippen LogP contribution in [0.15, 0.2) is 150 Å². The number of aromatic carboxylic acids is 1. The highest BCUT2D eigenvalue weighted by molar-refractivity contribution is 7.86. The monoisotopic (exact) mass is 906 g/mol. The fourth-order valence-corrected chi connectivity index (χ4v) is 7.57. The predicted molar refractivity (Wildman–Crippen MR) is 231 cm³/mol. The van der Waals surface area contributed by atoms with Gasteiger partial charge in [-0.1, -0.05) is 30.3 Å². The van der Waals surface area contributed by atoms with Gasteiger partial charge in [0.15, 0.2) is 5.75 Å². The lowest BCUT2D eigenvalue weighted by Gasteiger charge is -2.12. The molecule has 0 radical (unpaired) electrons. The van der Waals surface area contributed by atoms with E-state index in [2.05, 4.69) is 30.7 Å². The molecule has 7 aromatic carbocycles. The van der Waals surface area contributed by atoms with E-state index in [-0.39, 0.29) is 44.2 Å². The topological polar surface area (TPSA) is 328 Å². The van der Waals surface area contributed by atoms with Crippen LogP contribution >= 0.6 is 0 Å². The molecule has 0 aromatic heterocycles. The minimum atomic E-state index is -5.14. The Hall–Kier alpha value is -8.25. The number of phenols is 1. The van der Waals surface area contributed by atoms with E-state index >= 15 is 0 Å². The highest BCUT2D eigenvalue weighted by Crippen LogP contribution is 2.47. The van der Waals surface area contributed by atoms with Crippen molar-refractivity contribution in [3.63, 3.8) is 0 Å². The van der Waals surface area contributed by atoms with Gasteiger partial charge in [-0.15, -0.1) is 30.7 Å². The lowest BCUT2D eigenvalue weighted by molar-refractivity contribution is -0.384. The van der Waals surface area contributed by atoms with Gasteiger partial charge in [0.1, 0.15) is 44.8 Å². The number of hydrogen-bond acceptors (Lipinski definition) is 17. The number of aromatic hydroxyl groups is 1. The van der Waals surface area contributed by atoms with Crippen LogP contribution in [0.3, 0.4) is 0 Å². The molecular weight excluding hydrogens is 877 g/mol. The zero-order valence-electron chi connectivity index (χ0n) is 32.9. The van der Waals surface area contributed by atoms with Crippen molar-refractivity contribution in [3.05, 3.63) is 125 Å². The van der Waals surface area contributed by atoms with Crippen molar-refractivity contribution < 1.29 is 55.3 Å². The molecule has 0 unspecified atom stereocenters. The van der Waals surface area contributed by atoms with Crippen molar-refractivity contribution in [2.45, 2.75) is 9.79 Å². The number of nitro groups is 1.